The highest BCUT2D eigenvalue weighted by molar-refractivity contribution is 7.71. The first-order chi connectivity index (χ1) is 7.74. The van der Waals surface area contributed by atoms with Crippen LogP contribution in [0.15, 0.2) is 23.1 Å². The second-order valence-electron chi connectivity index (χ2n) is 3.36. The average molecular weight is 237 g/mol. The quantitative estimate of drug-likeness (QED) is 0.776. The van der Waals surface area contributed by atoms with Crippen LogP contribution in [0.2, 0.25) is 0 Å². The summed E-state index contributed by atoms with van der Waals surface area (Å²) in [7, 11) is 0. The van der Waals surface area contributed by atoms with Crippen LogP contribution in [0.25, 0.3) is 11.0 Å². The summed E-state index contributed by atoms with van der Waals surface area (Å²) in [6.07, 6.45) is 2.06. The largest absolute Gasteiger partial charge is 0.396 e. The molecule has 5 nitrogen and oxygen atoms in total. The van der Waals surface area contributed by atoms with Crippen LogP contribution in [0.5, 0.6) is 0 Å². The molecule has 2 rings (SSSR count). The molecule has 0 fully saturated rings. The molecule has 0 saturated heterocycles. The molecule has 2 aromatic heterocycles. The molecule has 0 radical (unpaired) electrons. The van der Waals surface area contributed by atoms with E-state index in [4.69, 9.17) is 17.3 Å². The number of nitrogens with zero attached hydrogens (tertiary/aromatic N) is 2. The molecule has 0 bridgehead atoms. The van der Waals surface area contributed by atoms with E-state index in [-0.39, 0.29) is 12.2 Å². The van der Waals surface area contributed by atoms with Gasteiger partial charge in [-0.1, -0.05) is 0 Å². The Bertz CT molecular complexity index is 617. The fourth-order valence-electron chi connectivity index (χ4n) is 1.51. The predicted molar refractivity (Wildman–Crippen MR) is 62.9 cm³/mol. The van der Waals surface area contributed by atoms with Crippen molar-refractivity contribution in [2.75, 3.05) is 6.61 Å². The fourth-order valence-corrected chi connectivity index (χ4v) is 1.80. The minimum atomic E-state index is -0.215. The third-order valence-electron chi connectivity index (χ3n) is 2.28. The van der Waals surface area contributed by atoms with Crippen molar-refractivity contribution in [2.24, 2.45) is 0 Å². The van der Waals surface area contributed by atoms with Gasteiger partial charge in [0.15, 0.2) is 10.3 Å². The van der Waals surface area contributed by atoms with E-state index in [1.165, 1.54) is 4.57 Å². The maximum atomic E-state index is 12.0. The number of aromatic amines is 1. The second-order valence-corrected chi connectivity index (χ2v) is 3.75. The summed E-state index contributed by atoms with van der Waals surface area (Å²) in [4.78, 5) is 18.9. The van der Waals surface area contributed by atoms with E-state index >= 15 is 0 Å². The topological polar surface area (TPSA) is 70.9 Å². The lowest BCUT2D eigenvalue weighted by Gasteiger charge is -2.05. The van der Waals surface area contributed by atoms with Gasteiger partial charge in [0.2, 0.25) is 0 Å². The molecule has 0 saturated carbocycles. The standard InChI is InChI=1S/C10H11N3O2S/c14-6-2-5-13-9(15)8-7(12-10(13)16)3-1-4-11-8/h1,3-4,14H,2,5-6H2,(H,12,16). The van der Waals surface area contributed by atoms with Crippen LogP contribution in [-0.4, -0.2) is 26.2 Å². The van der Waals surface area contributed by atoms with Gasteiger partial charge in [0.05, 0.1) is 5.52 Å². The zero-order valence-corrected chi connectivity index (χ0v) is 9.33. The van der Waals surface area contributed by atoms with Crippen LogP contribution >= 0.6 is 12.2 Å². The molecular weight excluding hydrogens is 226 g/mol. The normalized spacial score (nSPS) is 10.8. The molecule has 2 aromatic rings. The Kier molecular flexibility index (Phi) is 3.12. The smallest absolute Gasteiger partial charge is 0.280 e. The van der Waals surface area contributed by atoms with E-state index in [1.54, 1.807) is 18.3 Å². The Labute approximate surface area is 96.4 Å². The van der Waals surface area contributed by atoms with Crippen molar-refractivity contribution in [3.63, 3.8) is 0 Å². The second kappa shape index (κ2) is 4.54. The van der Waals surface area contributed by atoms with Gasteiger partial charge in [-0.2, -0.15) is 0 Å². The van der Waals surface area contributed by atoms with Gasteiger partial charge in [0.1, 0.15) is 0 Å². The molecule has 2 heterocycles. The monoisotopic (exact) mass is 237 g/mol. The van der Waals surface area contributed by atoms with Crippen LogP contribution in [0.1, 0.15) is 6.42 Å². The molecule has 84 valence electrons. The van der Waals surface area contributed by atoms with E-state index in [9.17, 15) is 4.79 Å². The van der Waals surface area contributed by atoms with Gasteiger partial charge < -0.3 is 10.1 Å². The fraction of sp³-hybridized carbons (Fsp3) is 0.300. The number of pyridine rings is 1. The summed E-state index contributed by atoms with van der Waals surface area (Å²) in [5.41, 5.74) is 0.791. The minimum Gasteiger partial charge on any atom is -0.396 e. The number of hydrogen-bond donors (Lipinski definition) is 2. The lowest BCUT2D eigenvalue weighted by atomic mass is 10.3. The third kappa shape index (κ3) is 1.89. The summed E-state index contributed by atoms with van der Waals surface area (Å²) in [5.74, 6) is 0. The van der Waals surface area contributed by atoms with E-state index in [2.05, 4.69) is 9.97 Å². The number of aromatic nitrogens is 3. The Morgan fingerprint density at radius 2 is 2.38 bits per heavy atom. The van der Waals surface area contributed by atoms with Gasteiger partial charge >= 0.3 is 0 Å². The number of aliphatic hydroxyl groups excluding tert-OH is 1. The van der Waals surface area contributed by atoms with Gasteiger partial charge in [0.25, 0.3) is 5.56 Å². The molecule has 16 heavy (non-hydrogen) atoms. The number of hydrogen-bond acceptors (Lipinski definition) is 4. The average Bonchev–Trinajstić information content (AvgIpc) is 2.29. The van der Waals surface area contributed by atoms with E-state index in [0.29, 0.717) is 28.8 Å². The molecule has 0 aromatic carbocycles. The summed E-state index contributed by atoms with van der Waals surface area (Å²) >= 11 is 5.08. The Morgan fingerprint density at radius 3 is 3.12 bits per heavy atom. The van der Waals surface area contributed by atoms with E-state index in [1.807, 2.05) is 0 Å². The zero-order valence-electron chi connectivity index (χ0n) is 8.51. The summed E-state index contributed by atoms with van der Waals surface area (Å²) < 4.78 is 1.78. The van der Waals surface area contributed by atoms with Crippen LogP contribution in [0.3, 0.4) is 0 Å². The highest BCUT2D eigenvalue weighted by Gasteiger charge is 2.05. The highest BCUT2D eigenvalue weighted by Crippen LogP contribution is 2.02. The van der Waals surface area contributed by atoms with Crippen molar-refractivity contribution in [3.05, 3.63) is 33.5 Å². The Hall–Kier alpha value is -1.53. The first-order valence-electron chi connectivity index (χ1n) is 4.93. The maximum Gasteiger partial charge on any atom is 0.280 e. The van der Waals surface area contributed by atoms with Crippen LogP contribution in [0.4, 0.5) is 0 Å². The van der Waals surface area contributed by atoms with Gasteiger partial charge in [-0.15, -0.1) is 0 Å². The summed E-state index contributed by atoms with van der Waals surface area (Å²) in [6.45, 7) is 0.429. The molecule has 0 aliphatic heterocycles. The highest BCUT2D eigenvalue weighted by atomic mass is 32.1. The molecule has 0 aliphatic carbocycles. The lowest BCUT2D eigenvalue weighted by Crippen LogP contribution is -2.23. The summed E-state index contributed by atoms with van der Waals surface area (Å²) in [5, 5.41) is 8.75. The van der Waals surface area contributed by atoms with Crippen molar-refractivity contribution in [2.45, 2.75) is 13.0 Å². The number of nitrogens with one attached hydrogen (secondary N) is 1. The maximum absolute atomic E-state index is 12.0. The Balaban J connectivity index is 2.66. The number of fused-ring (bicyclic) bond motifs is 1. The lowest BCUT2D eigenvalue weighted by molar-refractivity contribution is 0.278. The molecule has 0 spiro atoms. The Morgan fingerprint density at radius 1 is 1.56 bits per heavy atom. The zero-order chi connectivity index (χ0) is 11.5. The van der Waals surface area contributed by atoms with Crippen molar-refractivity contribution in [3.8, 4) is 0 Å². The summed E-state index contributed by atoms with van der Waals surface area (Å²) in [6, 6.07) is 3.50. The third-order valence-corrected chi connectivity index (χ3v) is 2.60. The van der Waals surface area contributed by atoms with Crippen molar-refractivity contribution < 1.29 is 5.11 Å². The minimum absolute atomic E-state index is 0.0292. The van der Waals surface area contributed by atoms with Gasteiger partial charge in [-0.05, 0) is 30.8 Å². The predicted octanol–water partition coefficient (Wildman–Crippen LogP) is 0.836. The molecule has 0 amide bonds. The van der Waals surface area contributed by atoms with Crippen LogP contribution in [-0.2, 0) is 6.54 Å². The van der Waals surface area contributed by atoms with Gasteiger partial charge in [-0.3, -0.25) is 9.36 Å². The van der Waals surface area contributed by atoms with Crippen LogP contribution < -0.4 is 5.56 Å². The van der Waals surface area contributed by atoms with Crippen molar-refractivity contribution in [1.29, 1.82) is 0 Å². The van der Waals surface area contributed by atoms with E-state index < -0.39 is 0 Å². The van der Waals surface area contributed by atoms with Crippen LogP contribution in [0, 0.1) is 4.77 Å². The molecule has 2 N–H and O–H groups in total. The number of H-pyrrole nitrogens is 1. The molecule has 0 aliphatic rings. The van der Waals surface area contributed by atoms with Crippen molar-refractivity contribution >= 4 is 23.3 Å². The van der Waals surface area contributed by atoms with Crippen molar-refractivity contribution in [1.82, 2.24) is 14.5 Å². The molecule has 0 unspecified atom stereocenters. The van der Waals surface area contributed by atoms with Gasteiger partial charge in [0, 0.05) is 19.3 Å². The molecular formula is C10H11N3O2S. The number of rotatable bonds is 3. The first-order valence-corrected chi connectivity index (χ1v) is 5.33. The molecule has 0 atom stereocenters. The first kappa shape index (κ1) is 11.0. The number of aliphatic hydroxyl groups is 1. The SMILES string of the molecule is O=c1c2ncccc2[nH]c(=S)n1CCCO. The van der Waals surface area contributed by atoms with E-state index in [0.717, 1.165) is 0 Å². The molecule has 6 heteroatoms. The van der Waals surface area contributed by atoms with Gasteiger partial charge in [-0.25, -0.2) is 4.98 Å².